The monoisotopic (exact) mass is 500 g/mol. The van der Waals surface area contributed by atoms with E-state index in [0.29, 0.717) is 35.2 Å². The second-order valence-corrected chi connectivity index (χ2v) is 10.5. The first-order valence-corrected chi connectivity index (χ1v) is 13.1. The van der Waals surface area contributed by atoms with Gasteiger partial charge in [-0.05, 0) is 67.3 Å². The number of para-hydroxylation sites is 1. The molecule has 0 heterocycles. The number of anilines is 1. The highest BCUT2D eigenvalue weighted by Gasteiger charge is 2.21. The lowest BCUT2D eigenvalue weighted by Crippen LogP contribution is -2.31. The summed E-state index contributed by atoms with van der Waals surface area (Å²) in [6, 6.07) is 18.1. The Morgan fingerprint density at radius 2 is 1.62 bits per heavy atom. The van der Waals surface area contributed by atoms with Gasteiger partial charge < -0.3 is 10.1 Å². The summed E-state index contributed by atoms with van der Waals surface area (Å²) in [5, 5.41) is 3.45. The van der Waals surface area contributed by atoms with Gasteiger partial charge in [0.15, 0.2) is 0 Å². The van der Waals surface area contributed by atoms with Crippen molar-refractivity contribution < 1.29 is 17.9 Å². The zero-order valence-electron chi connectivity index (χ0n) is 19.8. The molecule has 6 nitrogen and oxygen atoms in total. The van der Waals surface area contributed by atoms with Crippen LogP contribution < -0.4 is 14.4 Å². The van der Waals surface area contributed by atoms with Crippen molar-refractivity contribution in [1.82, 2.24) is 5.32 Å². The number of amides is 1. The van der Waals surface area contributed by atoms with E-state index in [0.717, 1.165) is 22.3 Å². The first-order chi connectivity index (χ1) is 16.1. The Morgan fingerprint density at radius 3 is 2.21 bits per heavy atom. The van der Waals surface area contributed by atoms with E-state index in [2.05, 4.69) is 5.32 Å². The van der Waals surface area contributed by atoms with E-state index in [9.17, 15) is 13.2 Å². The second-order valence-electron chi connectivity index (χ2n) is 8.22. The molecule has 0 aliphatic rings. The van der Waals surface area contributed by atoms with E-state index in [1.165, 1.54) is 10.6 Å². The van der Waals surface area contributed by atoms with Crippen LogP contribution in [0.1, 0.15) is 32.6 Å². The number of sulfonamides is 1. The summed E-state index contributed by atoms with van der Waals surface area (Å²) < 4.78 is 32.1. The minimum absolute atomic E-state index is 0.180. The molecule has 180 valence electrons. The van der Waals surface area contributed by atoms with Gasteiger partial charge in [0.05, 0.1) is 25.0 Å². The van der Waals surface area contributed by atoms with Crippen LogP contribution in [0.3, 0.4) is 0 Å². The molecule has 1 amide bonds. The zero-order valence-corrected chi connectivity index (χ0v) is 21.3. The summed E-state index contributed by atoms with van der Waals surface area (Å²) in [4.78, 5) is 12.5. The van der Waals surface area contributed by atoms with E-state index in [4.69, 9.17) is 16.3 Å². The fourth-order valence-electron chi connectivity index (χ4n) is 3.59. The Labute approximate surface area is 206 Å². The maximum atomic E-state index is 12.5. The van der Waals surface area contributed by atoms with Crippen molar-refractivity contribution >= 4 is 33.2 Å². The van der Waals surface area contributed by atoms with Crippen molar-refractivity contribution in [2.24, 2.45) is 0 Å². The molecule has 3 rings (SSSR count). The number of halogens is 1. The quantitative estimate of drug-likeness (QED) is 0.417. The Morgan fingerprint density at radius 1 is 0.971 bits per heavy atom. The van der Waals surface area contributed by atoms with Crippen molar-refractivity contribution in [2.75, 3.05) is 23.7 Å². The summed E-state index contributed by atoms with van der Waals surface area (Å²) in [5.74, 6) is 0.417. The normalized spacial score (nSPS) is 11.2. The number of carbonyl (C=O) groups is 1. The van der Waals surface area contributed by atoms with Gasteiger partial charge in [-0.1, -0.05) is 48.0 Å². The highest BCUT2D eigenvalue weighted by molar-refractivity contribution is 7.92. The first-order valence-electron chi connectivity index (χ1n) is 10.9. The van der Waals surface area contributed by atoms with E-state index in [1.807, 2.05) is 51.1 Å². The third-order valence-corrected chi connectivity index (χ3v) is 6.95. The minimum atomic E-state index is -3.50. The Kier molecular flexibility index (Phi) is 8.23. The second kappa shape index (κ2) is 10.9. The number of benzene rings is 3. The van der Waals surface area contributed by atoms with Gasteiger partial charge >= 0.3 is 0 Å². The lowest BCUT2D eigenvalue weighted by atomic mass is 10.1. The van der Waals surface area contributed by atoms with Crippen molar-refractivity contribution in [1.29, 1.82) is 0 Å². The number of nitrogens with one attached hydrogen (secondary N) is 1. The Balaban J connectivity index is 1.61. The predicted molar refractivity (Wildman–Crippen MR) is 137 cm³/mol. The summed E-state index contributed by atoms with van der Waals surface area (Å²) in [6.45, 7) is 6.53. The molecule has 8 heteroatoms. The van der Waals surface area contributed by atoms with Crippen LogP contribution in [0.15, 0.2) is 60.7 Å². The molecule has 0 atom stereocenters. The lowest BCUT2D eigenvalue weighted by molar-refractivity contribution is 0.0947. The maximum absolute atomic E-state index is 12.5. The standard InChI is InChI=1S/C26H29ClN2O4S/c1-18-8-13-23(16-24(18)27)33-15-14-28-26(30)22-11-9-21(10-12-22)17-29(34(4,31)32)25-19(2)6-5-7-20(25)3/h5-13,16H,14-15,17H2,1-4H3,(H,28,30). The van der Waals surface area contributed by atoms with Gasteiger partial charge in [-0.25, -0.2) is 8.42 Å². The lowest BCUT2D eigenvalue weighted by Gasteiger charge is -2.26. The molecule has 1 N–H and O–H groups in total. The minimum Gasteiger partial charge on any atom is -0.492 e. The number of rotatable bonds is 9. The van der Waals surface area contributed by atoms with Crippen LogP contribution in [0.5, 0.6) is 5.75 Å². The number of ether oxygens (including phenoxy) is 1. The molecule has 0 unspecified atom stereocenters. The van der Waals surface area contributed by atoms with Crippen LogP contribution in [0.4, 0.5) is 5.69 Å². The van der Waals surface area contributed by atoms with Gasteiger partial charge in [0, 0.05) is 10.6 Å². The summed E-state index contributed by atoms with van der Waals surface area (Å²) in [5.41, 5.74) is 4.69. The fraction of sp³-hybridized carbons (Fsp3) is 0.269. The van der Waals surface area contributed by atoms with E-state index in [-0.39, 0.29) is 12.5 Å². The molecular weight excluding hydrogens is 472 g/mol. The highest BCUT2D eigenvalue weighted by atomic mass is 35.5. The maximum Gasteiger partial charge on any atom is 0.251 e. The molecule has 0 saturated heterocycles. The molecule has 0 bridgehead atoms. The third-order valence-electron chi connectivity index (χ3n) is 5.43. The third kappa shape index (κ3) is 6.52. The van der Waals surface area contributed by atoms with E-state index in [1.54, 1.807) is 30.3 Å². The van der Waals surface area contributed by atoms with Gasteiger partial charge in [0.1, 0.15) is 12.4 Å². The number of nitrogens with zero attached hydrogens (tertiary/aromatic N) is 1. The first kappa shape index (κ1) is 25.6. The molecule has 0 radical (unpaired) electrons. The number of aryl methyl sites for hydroxylation is 3. The van der Waals surface area contributed by atoms with Gasteiger partial charge in [-0.2, -0.15) is 0 Å². The smallest absolute Gasteiger partial charge is 0.251 e. The summed E-state index contributed by atoms with van der Waals surface area (Å²) in [7, 11) is -3.50. The van der Waals surface area contributed by atoms with Crippen LogP contribution in [0.25, 0.3) is 0 Å². The van der Waals surface area contributed by atoms with E-state index >= 15 is 0 Å². The average Bonchev–Trinajstić information content (AvgIpc) is 2.78. The van der Waals surface area contributed by atoms with Crippen molar-refractivity contribution in [3.8, 4) is 5.75 Å². The predicted octanol–water partition coefficient (Wildman–Crippen LogP) is 5.04. The molecule has 34 heavy (non-hydrogen) atoms. The molecule has 0 aliphatic carbocycles. The number of hydrogen-bond acceptors (Lipinski definition) is 4. The van der Waals surface area contributed by atoms with Crippen molar-refractivity contribution in [2.45, 2.75) is 27.3 Å². The largest absolute Gasteiger partial charge is 0.492 e. The van der Waals surface area contributed by atoms with Crippen molar-refractivity contribution in [3.05, 3.63) is 93.5 Å². The molecule has 0 spiro atoms. The summed E-state index contributed by atoms with van der Waals surface area (Å²) >= 11 is 6.09. The van der Waals surface area contributed by atoms with Gasteiger partial charge in [0.25, 0.3) is 5.91 Å². The molecule has 0 aliphatic heterocycles. The van der Waals surface area contributed by atoms with Crippen LogP contribution in [0.2, 0.25) is 5.02 Å². The zero-order chi connectivity index (χ0) is 24.9. The van der Waals surface area contributed by atoms with Crippen molar-refractivity contribution in [3.63, 3.8) is 0 Å². The number of hydrogen-bond donors (Lipinski definition) is 1. The van der Waals surface area contributed by atoms with Crippen LogP contribution in [-0.2, 0) is 16.6 Å². The topological polar surface area (TPSA) is 75.7 Å². The van der Waals surface area contributed by atoms with Crippen LogP contribution in [-0.4, -0.2) is 33.7 Å². The fourth-order valence-corrected chi connectivity index (χ4v) is 4.76. The summed E-state index contributed by atoms with van der Waals surface area (Å²) in [6.07, 6.45) is 1.20. The molecule has 3 aromatic rings. The van der Waals surface area contributed by atoms with Crippen LogP contribution >= 0.6 is 11.6 Å². The van der Waals surface area contributed by atoms with Gasteiger partial charge in [-0.15, -0.1) is 0 Å². The molecule has 0 saturated carbocycles. The molecule has 3 aromatic carbocycles. The SMILES string of the molecule is Cc1ccc(OCCNC(=O)c2ccc(CN(c3c(C)cccc3C)S(C)(=O)=O)cc2)cc1Cl. The van der Waals surface area contributed by atoms with Gasteiger partial charge in [0.2, 0.25) is 10.0 Å². The number of carbonyl (C=O) groups excluding carboxylic acids is 1. The molecular formula is C26H29ClN2O4S. The molecule has 0 fully saturated rings. The highest BCUT2D eigenvalue weighted by Crippen LogP contribution is 2.28. The van der Waals surface area contributed by atoms with Gasteiger partial charge in [-0.3, -0.25) is 9.10 Å². The average molecular weight is 501 g/mol. The van der Waals surface area contributed by atoms with E-state index < -0.39 is 10.0 Å². The Hall–Kier alpha value is -3.03. The molecule has 0 aromatic heterocycles. The Bertz CT molecular complexity index is 1250. The van der Waals surface area contributed by atoms with Crippen LogP contribution in [0, 0.1) is 20.8 Å².